The molecule has 1 heterocycles. The molecule has 0 fully saturated rings. The first-order valence-corrected chi connectivity index (χ1v) is 5.80. The normalized spacial score (nSPS) is 11.9. The number of aliphatic carboxylic acids is 1. The lowest BCUT2D eigenvalue weighted by Crippen LogP contribution is -2.20. The second kappa shape index (κ2) is 5.57. The van der Waals surface area contributed by atoms with Crippen LogP contribution in [0.1, 0.15) is 11.6 Å². The molecule has 0 aliphatic rings. The van der Waals surface area contributed by atoms with E-state index >= 15 is 0 Å². The number of nitrogens with one attached hydrogen (secondary N) is 1. The molecular formula is C12H11FN4O4. The van der Waals surface area contributed by atoms with E-state index in [0.29, 0.717) is 5.56 Å². The largest absolute Gasteiger partial charge is 0.479 e. The van der Waals surface area contributed by atoms with E-state index in [-0.39, 0.29) is 5.69 Å². The van der Waals surface area contributed by atoms with Crippen LogP contribution in [0.15, 0.2) is 30.6 Å². The number of aryl methyl sites for hydroxylation is 1. The number of carbonyl (C=O) groups is 1. The van der Waals surface area contributed by atoms with Gasteiger partial charge in [0.05, 0.1) is 17.2 Å². The third-order valence-corrected chi connectivity index (χ3v) is 2.76. The summed E-state index contributed by atoms with van der Waals surface area (Å²) >= 11 is 0. The van der Waals surface area contributed by atoms with Crippen LogP contribution in [0.2, 0.25) is 0 Å². The van der Waals surface area contributed by atoms with Crippen molar-refractivity contribution in [3.63, 3.8) is 0 Å². The molecule has 9 heteroatoms. The number of nitro benzene ring substituents is 1. The molecule has 1 aromatic heterocycles. The quantitative estimate of drug-likeness (QED) is 0.641. The minimum absolute atomic E-state index is 0.0855. The Morgan fingerprint density at radius 3 is 2.81 bits per heavy atom. The maximum absolute atomic E-state index is 13.1. The van der Waals surface area contributed by atoms with Gasteiger partial charge in [0, 0.05) is 18.8 Å². The van der Waals surface area contributed by atoms with E-state index in [9.17, 15) is 24.4 Å². The topological polar surface area (TPSA) is 110 Å². The second-order valence-electron chi connectivity index (χ2n) is 4.28. The molecule has 0 saturated carbocycles. The van der Waals surface area contributed by atoms with Gasteiger partial charge in [-0.3, -0.25) is 14.8 Å². The van der Waals surface area contributed by atoms with E-state index in [0.717, 1.165) is 18.2 Å². The van der Waals surface area contributed by atoms with Crippen LogP contribution in [0.25, 0.3) is 0 Å². The van der Waals surface area contributed by atoms with E-state index < -0.39 is 28.4 Å². The zero-order valence-corrected chi connectivity index (χ0v) is 10.9. The highest BCUT2D eigenvalue weighted by Crippen LogP contribution is 2.29. The molecule has 2 N–H and O–H groups in total. The van der Waals surface area contributed by atoms with Crippen molar-refractivity contribution >= 4 is 17.3 Å². The number of carboxylic acid groups (broad SMARTS) is 1. The van der Waals surface area contributed by atoms with Gasteiger partial charge in [-0.1, -0.05) is 0 Å². The third-order valence-electron chi connectivity index (χ3n) is 2.76. The summed E-state index contributed by atoms with van der Waals surface area (Å²) in [7, 11) is 1.61. The fraction of sp³-hybridized carbons (Fsp3) is 0.167. The van der Waals surface area contributed by atoms with Crippen LogP contribution in [0.4, 0.5) is 15.8 Å². The molecule has 1 unspecified atom stereocenters. The van der Waals surface area contributed by atoms with Crippen molar-refractivity contribution in [3.8, 4) is 0 Å². The summed E-state index contributed by atoms with van der Waals surface area (Å²) in [6.45, 7) is 0. The Hall–Kier alpha value is -2.97. The summed E-state index contributed by atoms with van der Waals surface area (Å²) in [5.74, 6) is -2.01. The summed E-state index contributed by atoms with van der Waals surface area (Å²) in [4.78, 5) is 21.4. The van der Waals surface area contributed by atoms with Crippen molar-refractivity contribution in [2.45, 2.75) is 6.04 Å². The Morgan fingerprint density at radius 1 is 1.57 bits per heavy atom. The van der Waals surface area contributed by atoms with Crippen LogP contribution in [0.3, 0.4) is 0 Å². The van der Waals surface area contributed by atoms with E-state index in [1.54, 1.807) is 7.05 Å². The van der Waals surface area contributed by atoms with Crippen molar-refractivity contribution in [1.29, 1.82) is 0 Å². The maximum atomic E-state index is 13.1. The molecule has 1 aromatic carbocycles. The Balaban J connectivity index is 2.38. The van der Waals surface area contributed by atoms with Crippen LogP contribution in [0, 0.1) is 15.9 Å². The average molecular weight is 294 g/mol. The standard InChI is InChI=1S/C12H11FN4O4/c1-16-6-7(5-14-16)11(12(18)19)15-9-3-2-8(13)4-10(9)17(20)21/h2-6,11,15H,1H3,(H,18,19). The predicted octanol–water partition coefficient (Wildman–Crippen LogP) is 1.71. The molecular weight excluding hydrogens is 283 g/mol. The fourth-order valence-electron chi connectivity index (χ4n) is 1.81. The molecule has 1 atom stereocenters. The Morgan fingerprint density at radius 2 is 2.29 bits per heavy atom. The molecule has 8 nitrogen and oxygen atoms in total. The van der Waals surface area contributed by atoms with Crippen LogP contribution >= 0.6 is 0 Å². The number of rotatable bonds is 5. The third kappa shape index (κ3) is 3.14. The number of hydrogen-bond donors (Lipinski definition) is 2. The summed E-state index contributed by atoms with van der Waals surface area (Å²) in [5.41, 5.74) is -0.300. The molecule has 0 aliphatic carbocycles. The smallest absolute Gasteiger partial charge is 0.330 e. The summed E-state index contributed by atoms with van der Waals surface area (Å²) in [6.07, 6.45) is 2.81. The number of aromatic nitrogens is 2. The van der Waals surface area contributed by atoms with E-state index in [1.165, 1.54) is 17.1 Å². The van der Waals surface area contributed by atoms with E-state index in [1.807, 2.05) is 0 Å². The van der Waals surface area contributed by atoms with Crippen LogP contribution in [0.5, 0.6) is 0 Å². The lowest BCUT2D eigenvalue weighted by atomic mass is 10.1. The van der Waals surface area contributed by atoms with Gasteiger partial charge in [0.15, 0.2) is 6.04 Å². The van der Waals surface area contributed by atoms with Gasteiger partial charge in [-0.15, -0.1) is 0 Å². The Labute approximate surface area is 118 Å². The van der Waals surface area contributed by atoms with Crippen LogP contribution in [-0.4, -0.2) is 25.8 Å². The zero-order valence-electron chi connectivity index (χ0n) is 10.9. The molecule has 0 saturated heterocycles. The highest BCUT2D eigenvalue weighted by molar-refractivity contribution is 5.80. The van der Waals surface area contributed by atoms with E-state index in [2.05, 4.69) is 10.4 Å². The van der Waals surface area contributed by atoms with Crippen molar-refractivity contribution in [3.05, 3.63) is 52.1 Å². The van der Waals surface area contributed by atoms with Gasteiger partial charge in [0.1, 0.15) is 11.5 Å². The fourth-order valence-corrected chi connectivity index (χ4v) is 1.81. The first-order valence-electron chi connectivity index (χ1n) is 5.80. The van der Waals surface area contributed by atoms with Gasteiger partial charge in [0.2, 0.25) is 0 Å². The van der Waals surface area contributed by atoms with Gasteiger partial charge in [-0.2, -0.15) is 5.10 Å². The highest BCUT2D eigenvalue weighted by atomic mass is 19.1. The molecule has 0 radical (unpaired) electrons. The van der Waals surface area contributed by atoms with Crippen molar-refractivity contribution in [2.75, 3.05) is 5.32 Å². The molecule has 0 amide bonds. The van der Waals surface area contributed by atoms with Gasteiger partial charge in [-0.05, 0) is 12.1 Å². The van der Waals surface area contributed by atoms with E-state index in [4.69, 9.17) is 0 Å². The maximum Gasteiger partial charge on any atom is 0.330 e. The first-order chi connectivity index (χ1) is 9.88. The summed E-state index contributed by atoms with van der Waals surface area (Å²) in [6, 6.07) is 1.63. The van der Waals surface area contributed by atoms with Gasteiger partial charge >= 0.3 is 5.97 Å². The summed E-state index contributed by atoms with van der Waals surface area (Å²) in [5, 5.41) is 26.5. The number of halogens is 1. The van der Waals surface area contributed by atoms with Gasteiger partial charge in [-0.25, -0.2) is 9.18 Å². The zero-order chi connectivity index (χ0) is 15.6. The first kappa shape index (κ1) is 14.4. The molecule has 0 spiro atoms. The number of carboxylic acids is 1. The number of benzene rings is 1. The van der Waals surface area contributed by atoms with Crippen molar-refractivity contribution < 1.29 is 19.2 Å². The summed E-state index contributed by atoms with van der Waals surface area (Å²) < 4.78 is 14.5. The lowest BCUT2D eigenvalue weighted by molar-refractivity contribution is -0.384. The lowest BCUT2D eigenvalue weighted by Gasteiger charge is -2.14. The number of nitrogens with zero attached hydrogens (tertiary/aromatic N) is 3. The van der Waals surface area contributed by atoms with Gasteiger partial charge in [0.25, 0.3) is 5.69 Å². The molecule has 110 valence electrons. The number of anilines is 1. The number of nitro groups is 1. The molecule has 0 bridgehead atoms. The molecule has 2 rings (SSSR count). The predicted molar refractivity (Wildman–Crippen MR) is 70.3 cm³/mol. The second-order valence-corrected chi connectivity index (χ2v) is 4.28. The molecule has 21 heavy (non-hydrogen) atoms. The minimum atomic E-state index is -1.23. The highest BCUT2D eigenvalue weighted by Gasteiger charge is 2.25. The Kier molecular flexibility index (Phi) is 3.83. The van der Waals surface area contributed by atoms with Crippen molar-refractivity contribution in [2.24, 2.45) is 7.05 Å². The number of hydrogen-bond acceptors (Lipinski definition) is 5. The monoisotopic (exact) mass is 294 g/mol. The van der Waals surface area contributed by atoms with Crippen molar-refractivity contribution in [1.82, 2.24) is 9.78 Å². The average Bonchev–Trinajstić information content (AvgIpc) is 2.83. The van der Waals surface area contributed by atoms with Crippen LogP contribution < -0.4 is 5.32 Å². The van der Waals surface area contributed by atoms with Gasteiger partial charge < -0.3 is 10.4 Å². The molecule has 2 aromatic rings. The SMILES string of the molecule is Cn1cc(C(Nc2ccc(F)cc2[N+](=O)[O-])C(=O)O)cn1. The minimum Gasteiger partial charge on any atom is -0.479 e. The van der Waals surface area contributed by atoms with Crippen LogP contribution in [-0.2, 0) is 11.8 Å². The Bertz CT molecular complexity index is 700. The molecule has 0 aliphatic heterocycles.